The number of carboxylic acid groups (broad SMARTS) is 2. The summed E-state index contributed by atoms with van der Waals surface area (Å²) in [4.78, 5) is 28.3. The van der Waals surface area contributed by atoms with Gasteiger partial charge in [0.15, 0.2) is 0 Å². The third-order valence-corrected chi connectivity index (χ3v) is 4.30. The molecule has 0 spiro atoms. The Morgan fingerprint density at radius 2 is 2.14 bits per heavy atom. The number of nitrogens with zero attached hydrogens (tertiary/aromatic N) is 2. The zero-order valence-electron chi connectivity index (χ0n) is 12.4. The molecule has 2 heterocycles. The number of carboxylic acids is 2. The number of pyridine rings is 1. The summed E-state index contributed by atoms with van der Waals surface area (Å²) < 4.78 is 0. The minimum atomic E-state index is -1.10. The van der Waals surface area contributed by atoms with Crippen molar-refractivity contribution in [2.75, 3.05) is 18.0 Å². The van der Waals surface area contributed by atoms with Crippen LogP contribution < -0.4 is 4.90 Å². The average molecular weight is 308 g/mol. The Morgan fingerprint density at radius 1 is 1.41 bits per heavy atom. The van der Waals surface area contributed by atoms with Crippen molar-refractivity contribution in [2.24, 2.45) is 5.41 Å². The SMILES string of the molecule is CCC[C@]1(C(=O)O)CCN(c2ccc(C(=O)O)cn2)C[C@@H]1O. The van der Waals surface area contributed by atoms with E-state index >= 15 is 0 Å². The standard InChI is InChI=1S/C15H20N2O5/c1-2-5-15(14(21)22)6-7-17(9-11(15)18)12-4-3-10(8-16-12)13(19)20/h3-4,8,11,18H,2,5-7,9H2,1H3,(H,19,20)(H,21,22)/t11-,15-/m0/s1. The summed E-state index contributed by atoms with van der Waals surface area (Å²) in [6, 6.07) is 3.02. The molecule has 0 unspecified atom stereocenters. The first kappa shape index (κ1) is 16.2. The van der Waals surface area contributed by atoms with E-state index in [1.54, 1.807) is 11.0 Å². The molecule has 1 aromatic heterocycles. The second-order valence-electron chi connectivity index (χ2n) is 5.63. The molecule has 120 valence electrons. The van der Waals surface area contributed by atoms with Gasteiger partial charge in [-0.15, -0.1) is 0 Å². The molecule has 1 aliphatic rings. The van der Waals surface area contributed by atoms with Gasteiger partial charge in [0, 0.05) is 19.3 Å². The number of piperidine rings is 1. The van der Waals surface area contributed by atoms with Gasteiger partial charge < -0.3 is 20.2 Å². The third kappa shape index (κ3) is 2.89. The van der Waals surface area contributed by atoms with Gasteiger partial charge in [-0.25, -0.2) is 9.78 Å². The van der Waals surface area contributed by atoms with E-state index in [2.05, 4.69) is 4.98 Å². The van der Waals surface area contributed by atoms with Crippen LogP contribution in [0.4, 0.5) is 5.82 Å². The van der Waals surface area contributed by atoms with E-state index in [4.69, 9.17) is 5.11 Å². The van der Waals surface area contributed by atoms with Gasteiger partial charge in [-0.05, 0) is 25.0 Å². The Kier molecular flexibility index (Phi) is 4.65. The maximum absolute atomic E-state index is 11.6. The molecule has 7 nitrogen and oxygen atoms in total. The van der Waals surface area contributed by atoms with Crippen LogP contribution in [0.25, 0.3) is 0 Å². The molecule has 1 aromatic rings. The average Bonchev–Trinajstić information content (AvgIpc) is 2.49. The predicted octanol–water partition coefficient (Wildman–Crippen LogP) is 1.22. The van der Waals surface area contributed by atoms with Gasteiger partial charge in [0.1, 0.15) is 5.82 Å². The lowest BCUT2D eigenvalue weighted by Gasteiger charge is -2.43. The van der Waals surface area contributed by atoms with Crippen molar-refractivity contribution in [3.63, 3.8) is 0 Å². The van der Waals surface area contributed by atoms with E-state index in [0.29, 0.717) is 31.6 Å². The lowest BCUT2D eigenvalue weighted by Crippen LogP contribution is -2.55. The largest absolute Gasteiger partial charge is 0.481 e. The summed E-state index contributed by atoms with van der Waals surface area (Å²) in [5.74, 6) is -1.47. The van der Waals surface area contributed by atoms with E-state index in [9.17, 15) is 19.8 Å². The molecule has 1 aliphatic heterocycles. The highest BCUT2D eigenvalue weighted by molar-refractivity contribution is 5.87. The number of β-amino-alcohol motifs (C(OH)–C–C–N with tert-alkyl or cyclic N) is 1. The van der Waals surface area contributed by atoms with Crippen molar-refractivity contribution in [3.8, 4) is 0 Å². The number of carbonyl (C=O) groups is 2. The summed E-state index contributed by atoms with van der Waals surface area (Å²) in [6.45, 7) is 2.53. The first-order valence-corrected chi connectivity index (χ1v) is 7.26. The molecular weight excluding hydrogens is 288 g/mol. The second kappa shape index (κ2) is 6.31. The predicted molar refractivity (Wildman–Crippen MR) is 79.0 cm³/mol. The van der Waals surface area contributed by atoms with Crippen molar-refractivity contribution in [2.45, 2.75) is 32.3 Å². The van der Waals surface area contributed by atoms with Crippen LogP contribution in [0.15, 0.2) is 18.3 Å². The first-order chi connectivity index (χ1) is 10.4. The van der Waals surface area contributed by atoms with Crippen molar-refractivity contribution in [3.05, 3.63) is 23.9 Å². The number of aliphatic hydroxyl groups excluding tert-OH is 1. The van der Waals surface area contributed by atoms with Crippen LogP contribution in [0.3, 0.4) is 0 Å². The summed E-state index contributed by atoms with van der Waals surface area (Å²) >= 11 is 0. The summed E-state index contributed by atoms with van der Waals surface area (Å²) in [5.41, 5.74) is -1.01. The van der Waals surface area contributed by atoms with Gasteiger partial charge in [-0.3, -0.25) is 4.79 Å². The quantitative estimate of drug-likeness (QED) is 0.750. The third-order valence-electron chi connectivity index (χ3n) is 4.30. The second-order valence-corrected chi connectivity index (χ2v) is 5.63. The highest BCUT2D eigenvalue weighted by Crippen LogP contribution is 2.37. The maximum Gasteiger partial charge on any atom is 0.337 e. The monoisotopic (exact) mass is 308 g/mol. The zero-order valence-corrected chi connectivity index (χ0v) is 12.4. The molecule has 22 heavy (non-hydrogen) atoms. The Bertz CT molecular complexity index is 560. The molecule has 7 heteroatoms. The van der Waals surface area contributed by atoms with Crippen LogP contribution in [0.5, 0.6) is 0 Å². The van der Waals surface area contributed by atoms with Gasteiger partial charge in [-0.1, -0.05) is 13.3 Å². The number of aromatic nitrogens is 1. The number of hydrogen-bond donors (Lipinski definition) is 3. The van der Waals surface area contributed by atoms with Crippen LogP contribution in [0.1, 0.15) is 36.5 Å². The molecule has 0 amide bonds. The van der Waals surface area contributed by atoms with E-state index in [-0.39, 0.29) is 12.1 Å². The highest BCUT2D eigenvalue weighted by Gasteiger charge is 2.48. The number of aliphatic carboxylic acids is 1. The molecule has 2 rings (SSSR count). The number of aliphatic hydroxyl groups is 1. The Balaban J connectivity index is 2.15. The minimum absolute atomic E-state index is 0.0900. The molecule has 0 aromatic carbocycles. The van der Waals surface area contributed by atoms with Crippen molar-refractivity contribution >= 4 is 17.8 Å². The molecule has 0 bridgehead atoms. The van der Waals surface area contributed by atoms with Gasteiger partial charge in [0.25, 0.3) is 0 Å². The lowest BCUT2D eigenvalue weighted by molar-refractivity contribution is -0.159. The number of aromatic carboxylic acids is 1. The molecule has 1 fully saturated rings. The Labute approximate surface area is 128 Å². The lowest BCUT2D eigenvalue weighted by atomic mass is 9.73. The molecule has 0 aliphatic carbocycles. The van der Waals surface area contributed by atoms with Crippen LogP contribution in [-0.4, -0.2) is 51.4 Å². The van der Waals surface area contributed by atoms with Gasteiger partial charge in [0.2, 0.25) is 0 Å². The topological polar surface area (TPSA) is 111 Å². The molecular formula is C15H20N2O5. The zero-order chi connectivity index (χ0) is 16.3. The molecule has 1 saturated heterocycles. The van der Waals surface area contributed by atoms with Gasteiger partial charge >= 0.3 is 11.9 Å². The van der Waals surface area contributed by atoms with Gasteiger partial charge in [-0.2, -0.15) is 0 Å². The van der Waals surface area contributed by atoms with Crippen LogP contribution >= 0.6 is 0 Å². The first-order valence-electron chi connectivity index (χ1n) is 7.26. The Hall–Kier alpha value is -2.15. The highest BCUT2D eigenvalue weighted by atomic mass is 16.4. The number of rotatable bonds is 5. The Morgan fingerprint density at radius 3 is 2.59 bits per heavy atom. The molecule has 3 N–H and O–H groups in total. The summed E-state index contributed by atoms with van der Waals surface area (Å²) in [6.07, 6.45) is 1.73. The van der Waals surface area contributed by atoms with E-state index < -0.39 is 23.5 Å². The van der Waals surface area contributed by atoms with E-state index in [0.717, 1.165) is 0 Å². The smallest absolute Gasteiger partial charge is 0.337 e. The van der Waals surface area contributed by atoms with E-state index in [1.807, 2.05) is 6.92 Å². The molecule has 2 atom stereocenters. The van der Waals surface area contributed by atoms with Crippen molar-refractivity contribution < 1.29 is 24.9 Å². The fraction of sp³-hybridized carbons (Fsp3) is 0.533. The number of anilines is 1. The normalized spacial score (nSPS) is 25.0. The van der Waals surface area contributed by atoms with Gasteiger partial charge in [0.05, 0.1) is 17.1 Å². The fourth-order valence-electron chi connectivity index (χ4n) is 2.98. The van der Waals surface area contributed by atoms with Crippen LogP contribution in [0.2, 0.25) is 0 Å². The molecule has 0 saturated carbocycles. The maximum atomic E-state index is 11.6. The van der Waals surface area contributed by atoms with Crippen molar-refractivity contribution in [1.82, 2.24) is 4.98 Å². The fourth-order valence-corrected chi connectivity index (χ4v) is 2.98. The van der Waals surface area contributed by atoms with Crippen molar-refractivity contribution in [1.29, 1.82) is 0 Å². The van der Waals surface area contributed by atoms with Crippen LogP contribution in [0, 0.1) is 5.41 Å². The van der Waals surface area contributed by atoms with E-state index in [1.165, 1.54) is 12.3 Å². The number of hydrogen-bond acceptors (Lipinski definition) is 5. The summed E-state index contributed by atoms with van der Waals surface area (Å²) in [7, 11) is 0. The summed E-state index contributed by atoms with van der Waals surface area (Å²) in [5, 5.41) is 28.7. The minimum Gasteiger partial charge on any atom is -0.481 e. The van der Waals surface area contributed by atoms with Crippen LogP contribution in [-0.2, 0) is 4.79 Å². The molecule has 0 radical (unpaired) electrons.